The molecule has 0 spiro atoms. The van der Waals surface area contributed by atoms with E-state index in [2.05, 4.69) is 0 Å². The maximum atomic E-state index is 11.3. The first kappa shape index (κ1) is 16.3. The zero-order chi connectivity index (χ0) is 15.1. The molecule has 0 aliphatic heterocycles. The Hall–Kier alpha value is -1.71. The first-order valence-corrected chi connectivity index (χ1v) is 6.70. The predicted octanol–water partition coefficient (Wildman–Crippen LogP) is 2.82. The zero-order valence-electron chi connectivity index (χ0n) is 12.3. The smallest absolute Gasteiger partial charge is 0.155 e. The van der Waals surface area contributed by atoms with Crippen molar-refractivity contribution in [2.75, 3.05) is 6.61 Å². The molecule has 3 heteroatoms. The SMILES string of the molecule is CC(=O)C(C)=CC(C)c1ccc(CO)cc1C=CCO. The molecular formula is C17H22O3. The van der Waals surface area contributed by atoms with Crippen LogP contribution >= 0.6 is 0 Å². The fourth-order valence-corrected chi connectivity index (χ4v) is 2.04. The number of Topliss-reactive ketones (excluding diaryl/α,β-unsaturated/α-hetero) is 1. The lowest BCUT2D eigenvalue weighted by Gasteiger charge is -2.13. The first-order chi connectivity index (χ1) is 9.49. The van der Waals surface area contributed by atoms with Crippen molar-refractivity contribution in [1.29, 1.82) is 0 Å². The van der Waals surface area contributed by atoms with Crippen LogP contribution in [0.5, 0.6) is 0 Å². The van der Waals surface area contributed by atoms with Crippen LogP contribution in [-0.2, 0) is 11.4 Å². The third-order valence-corrected chi connectivity index (χ3v) is 3.28. The van der Waals surface area contributed by atoms with Crippen molar-refractivity contribution >= 4 is 11.9 Å². The van der Waals surface area contributed by atoms with Crippen molar-refractivity contribution in [1.82, 2.24) is 0 Å². The Balaban J connectivity index is 3.18. The van der Waals surface area contributed by atoms with E-state index >= 15 is 0 Å². The number of rotatable bonds is 6. The van der Waals surface area contributed by atoms with Crippen LogP contribution in [0, 0.1) is 0 Å². The van der Waals surface area contributed by atoms with E-state index in [-0.39, 0.29) is 24.9 Å². The van der Waals surface area contributed by atoms with Gasteiger partial charge in [-0.3, -0.25) is 4.79 Å². The molecule has 3 nitrogen and oxygen atoms in total. The van der Waals surface area contributed by atoms with Gasteiger partial charge in [0.2, 0.25) is 0 Å². The molecule has 1 aromatic rings. The molecule has 0 saturated carbocycles. The highest BCUT2D eigenvalue weighted by atomic mass is 16.3. The summed E-state index contributed by atoms with van der Waals surface area (Å²) in [6.45, 7) is 5.34. The van der Waals surface area contributed by atoms with Gasteiger partial charge in [0.05, 0.1) is 13.2 Å². The molecule has 0 bridgehead atoms. The predicted molar refractivity (Wildman–Crippen MR) is 81.3 cm³/mol. The second kappa shape index (κ2) is 7.78. The fourth-order valence-electron chi connectivity index (χ4n) is 2.04. The Bertz CT molecular complexity index is 527. The van der Waals surface area contributed by atoms with E-state index in [1.807, 2.05) is 44.2 Å². The molecule has 0 saturated heterocycles. The van der Waals surface area contributed by atoms with Gasteiger partial charge >= 0.3 is 0 Å². The summed E-state index contributed by atoms with van der Waals surface area (Å²) in [5.74, 6) is 0.154. The lowest BCUT2D eigenvalue weighted by molar-refractivity contribution is -0.113. The molecule has 1 atom stereocenters. The number of ketones is 1. The van der Waals surface area contributed by atoms with E-state index in [9.17, 15) is 9.90 Å². The molecule has 0 amide bonds. The lowest BCUT2D eigenvalue weighted by Crippen LogP contribution is -1.99. The number of carbonyl (C=O) groups is 1. The Kier molecular flexibility index (Phi) is 6.36. The van der Waals surface area contributed by atoms with Gasteiger partial charge in [0.1, 0.15) is 0 Å². The fraction of sp³-hybridized carbons (Fsp3) is 0.353. The standard InChI is InChI=1S/C17H22O3/c1-12(14(3)20)9-13(2)17-7-6-15(11-19)10-16(17)5-4-8-18/h4-7,9-10,13,18-19H,8,11H2,1-3H3. The van der Waals surface area contributed by atoms with Crippen molar-refractivity contribution in [3.8, 4) is 0 Å². The molecule has 0 radical (unpaired) electrons. The number of aliphatic hydroxyl groups is 2. The molecule has 1 rings (SSSR count). The summed E-state index contributed by atoms with van der Waals surface area (Å²) < 4.78 is 0. The van der Waals surface area contributed by atoms with Crippen molar-refractivity contribution < 1.29 is 15.0 Å². The monoisotopic (exact) mass is 274 g/mol. The summed E-state index contributed by atoms with van der Waals surface area (Å²) in [7, 11) is 0. The normalized spacial score (nSPS) is 13.8. The average molecular weight is 274 g/mol. The summed E-state index contributed by atoms with van der Waals surface area (Å²) in [5, 5.41) is 18.1. The van der Waals surface area contributed by atoms with Crippen LogP contribution in [0.1, 0.15) is 43.4 Å². The number of benzene rings is 1. The molecule has 0 aromatic heterocycles. The van der Waals surface area contributed by atoms with Gasteiger partial charge in [-0.2, -0.15) is 0 Å². The van der Waals surface area contributed by atoms with E-state index in [1.165, 1.54) is 0 Å². The van der Waals surface area contributed by atoms with Gasteiger partial charge in [-0.05, 0) is 42.2 Å². The molecule has 20 heavy (non-hydrogen) atoms. The maximum Gasteiger partial charge on any atom is 0.155 e. The van der Waals surface area contributed by atoms with Crippen molar-refractivity contribution in [3.63, 3.8) is 0 Å². The summed E-state index contributed by atoms with van der Waals surface area (Å²) in [6.07, 6.45) is 5.43. The molecule has 1 aromatic carbocycles. The van der Waals surface area contributed by atoms with Crippen LogP contribution in [0.15, 0.2) is 35.9 Å². The minimum atomic E-state index is -0.0283. The molecule has 108 valence electrons. The first-order valence-electron chi connectivity index (χ1n) is 6.70. The van der Waals surface area contributed by atoms with E-state index < -0.39 is 0 Å². The Morgan fingerprint density at radius 1 is 1.30 bits per heavy atom. The molecule has 0 fully saturated rings. The van der Waals surface area contributed by atoms with Crippen LogP contribution in [0.3, 0.4) is 0 Å². The number of allylic oxidation sites excluding steroid dienone is 2. The highest BCUT2D eigenvalue weighted by molar-refractivity contribution is 5.92. The van der Waals surface area contributed by atoms with Crippen LogP contribution in [0.2, 0.25) is 0 Å². The molecule has 1 unspecified atom stereocenters. The van der Waals surface area contributed by atoms with Gasteiger partial charge in [0.25, 0.3) is 0 Å². The highest BCUT2D eigenvalue weighted by Gasteiger charge is 2.09. The van der Waals surface area contributed by atoms with E-state index in [1.54, 1.807) is 13.0 Å². The van der Waals surface area contributed by atoms with Gasteiger partial charge in [-0.1, -0.05) is 37.3 Å². The van der Waals surface area contributed by atoms with Crippen molar-refractivity contribution in [2.45, 2.75) is 33.3 Å². The number of hydrogen-bond donors (Lipinski definition) is 2. The second-order valence-corrected chi connectivity index (χ2v) is 4.90. The molecule has 0 heterocycles. The Morgan fingerprint density at radius 2 is 2.00 bits per heavy atom. The zero-order valence-corrected chi connectivity index (χ0v) is 12.3. The van der Waals surface area contributed by atoms with E-state index in [0.29, 0.717) is 0 Å². The maximum absolute atomic E-state index is 11.3. The summed E-state index contributed by atoms with van der Waals surface area (Å²) in [4.78, 5) is 11.3. The van der Waals surface area contributed by atoms with Gasteiger partial charge in [-0.25, -0.2) is 0 Å². The van der Waals surface area contributed by atoms with Gasteiger partial charge in [0.15, 0.2) is 5.78 Å². The third-order valence-electron chi connectivity index (χ3n) is 3.28. The molecule has 0 aliphatic rings. The molecule has 0 aliphatic carbocycles. The van der Waals surface area contributed by atoms with Crippen LogP contribution in [0.4, 0.5) is 0 Å². The molecular weight excluding hydrogens is 252 g/mol. The summed E-state index contributed by atoms with van der Waals surface area (Å²) in [5.41, 5.74) is 3.57. The minimum Gasteiger partial charge on any atom is -0.392 e. The topological polar surface area (TPSA) is 57.5 Å². The third kappa shape index (κ3) is 4.44. The molecule has 2 N–H and O–H groups in total. The number of aliphatic hydroxyl groups excluding tert-OH is 2. The number of carbonyl (C=O) groups excluding carboxylic acids is 1. The van der Waals surface area contributed by atoms with E-state index in [4.69, 9.17) is 5.11 Å². The quantitative estimate of drug-likeness (QED) is 0.784. The largest absolute Gasteiger partial charge is 0.392 e. The minimum absolute atomic E-state index is 0.0169. The van der Waals surface area contributed by atoms with Gasteiger partial charge in [0, 0.05) is 5.92 Å². The summed E-state index contributed by atoms with van der Waals surface area (Å²) in [6, 6.07) is 5.73. The second-order valence-electron chi connectivity index (χ2n) is 4.90. The van der Waals surface area contributed by atoms with Crippen LogP contribution in [-0.4, -0.2) is 22.6 Å². The van der Waals surface area contributed by atoms with Crippen LogP contribution < -0.4 is 0 Å². The van der Waals surface area contributed by atoms with Crippen molar-refractivity contribution in [2.24, 2.45) is 0 Å². The van der Waals surface area contributed by atoms with Crippen molar-refractivity contribution in [3.05, 3.63) is 52.6 Å². The Morgan fingerprint density at radius 3 is 2.55 bits per heavy atom. The Labute approximate surface area is 120 Å². The highest BCUT2D eigenvalue weighted by Crippen LogP contribution is 2.25. The number of hydrogen-bond acceptors (Lipinski definition) is 3. The van der Waals surface area contributed by atoms with Gasteiger partial charge < -0.3 is 10.2 Å². The average Bonchev–Trinajstić information content (AvgIpc) is 2.44. The van der Waals surface area contributed by atoms with Crippen LogP contribution in [0.25, 0.3) is 6.08 Å². The lowest BCUT2D eigenvalue weighted by atomic mass is 9.92. The van der Waals surface area contributed by atoms with E-state index in [0.717, 1.165) is 22.3 Å². The summed E-state index contributed by atoms with van der Waals surface area (Å²) >= 11 is 0. The van der Waals surface area contributed by atoms with Gasteiger partial charge in [-0.15, -0.1) is 0 Å².